The minimum absolute atomic E-state index is 0.338. The molecule has 2 saturated heterocycles. The van der Waals surface area contributed by atoms with Gasteiger partial charge in [0.25, 0.3) is 0 Å². The number of hydrogen-bond donors (Lipinski definition) is 0. The summed E-state index contributed by atoms with van der Waals surface area (Å²) in [5.74, 6) is 1.71. The van der Waals surface area contributed by atoms with Crippen molar-refractivity contribution >= 4 is 0 Å². The lowest BCUT2D eigenvalue weighted by Crippen LogP contribution is -2.64. The molecular formula is C19H39N3. The fraction of sp³-hybridized carbons (Fsp3) is 1.00. The summed E-state index contributed by atoms with van der Waals surface area (Å²) in [4.78, 5) is 8.02. The Morgan fingerprint density at radius 2 is 1.55 bits per heavy atom. The normalized spacial score (nSPS) is 24.7. The average Bonchev–Trinajstić information content (AvgIpc) is 2.40. The molecule has 2 rings (SSSR count). The van der Waals surface area contributed by atoms with Crippen molar-refractivity contribution in [3.8, 4) is 0 Å². The Kier molecular flexibility index (Phi) is 6.32. The van der Waals surface area contributed by atoms with Crippen molar-refractivity contribution in [3.05, 3.63) is 0 Å². The van der Waals surface area contributed by atoms with Crippen LogP contribution in [0.5, 0.6) is 0 Å². The zero-order valence-electron chi connectivity index (χ0n) is 15.9. The molecule has 0 aromatic heterocycles. The smallest absolute Gasteiger partial charge is 0.0351 e. The molecule has 0 aromatic rings. The lowest BCUT2D eigenvalue weighted by atomic mass is 9.93. The molecule has 2 aliphatic heterocycles. The molecule has 0 unspecified atom stereocenters. The molecular weight excluding hydrogens is 270 g/mol. The van der Waals surface area contributed by atoms with Crippen molar-refractivity contribution in [2.24, 2.45) is 11.8 Å². The maximum Gasteiger partial charge on any atom is 0.0351 e. The first-order valence-corrected chi connectivity index (χ1v) is 9.49. The van der Waals surface area contributed by atoms with Gasteiger partial charge in [-0.2, -0.15) is 0 Å². The van der Waals surface area contributed by atoms with Crippen LogP contribution in [0.1, 0.15) is 54.4 Å². The lowest BCUT2D eigenvalue weighted by Gasteiger charge is -2.50. The summed E-state index contributed by atoms with van der Waals surface area (Å²) in [6, 6.07) is 0.838. The minimum atomic E-state index is 0.338. The van der Waals surface area contributed by atoms with Crippen LogP contribution in [0.25, 0.3) is 0 Å². The Hall–Kier alpha value is -0.120. The Morgan fingerprint density at radius 1 is 0.955 bits per heavy atom. The largest absolute Gasteiger partial charge is 0.300 e. The van der Waals surface area contributed by atoms with Crippen LogP contribution < -0.4 is 0 Å². The highest BCUT2D eigenvalue weighted by Crippen LogP contribution is 2.22. The standard InChI is InChI=1S/C19H39N3/c1-16(2)17(3)8-7-9-20-14-18(15-20)21-10-12-22(13-11-21)19(4,5)6/h16-18H,7-15H2,1-6H3/t17-/m1/s1. The van der Waals surface area contributed by atoms with Crippen molar-refractivity contribution in [2.75, 3.05) is 45.8 Å². The molecule has 0 bridgehead atoms. The number of piperazine rings is 1. The molecule has 0 aromatic carbocycles. The van der Waals surface area contributed by atoms with Gasteiger partial charge in [0.1, 0.15) is 0 Å². The number of hydrogen-bond acceptors (Lipinski definition) is 3. The van der Waals surface area contributed by atoms with E-state index in [0.29, 0.717) is 5.54 Å². The fourth-order valence-electron chi connectivity index (χ4n) is 3.68. The van der Waals surface area contributed by atoms with Gasteiger partial charge in [-0.3, -0.25) is 9.80 Å². The predicted molar refractivity (Wildman–Crippen MR) is 96.4 cm³/mol. The van der Waals surface area contributed by atoms with Gasteiger partial charge in [0.15, 0.2) is 0 Å². The molecule has 2 heterocycles. The van der Waals surface area contributed by atoms with Crippen LogP contribution in [0.4, 0.5) is 0 Å². The summed E-state index contributed by atoms with van der Waals surface area (Å²) >= 11 is 0. The van der Waals surface area contributed by atoms with E-state index >= 15 is 0 Å². The van der Waals surface area contributed by atoms with E-state index in [-0.39, 0.29) is 0 Å². The number of nitrogens with zero attached hydrogens (tertiary/aromatic N) is 3. The Balaban J connectivity index is 1.58. The van der Waals surface area contributed by atoms with Crippen molar-refractivity contribution in [1.29, 1.82) is 0 Å². The van der Waals surface area contributed by atoms with E-state index in [2.05, 4.69) is 56.2 Å². The molecule has 0 spiro atoms. The summed E-state index contributed by atoms with van der Waals surface area (Å²) in [5.41, 5.74) is 0.338. The van der Waals surface area contributed by atoms with Crippen molar-refractivity contribution in [2.45, 2.75) is 66.0 Å². The van der Waals surface area contributed by atoms with Gasteiger partial charge in [-0.25, -0.2) is 0 Å². The van der Waals surface area contributed by atoms with Gasteiger partial charge in [0, 0.05) is 50.8 Å². The highest BCUT2D eigenvalue weighted by molar-refractivity contribution is 4.91. The van der Waals surface area contributed by atoms with Gasteiger partial charge in [-0.15, -0.1) is 0 Å². The highest BCUT2D eigenvalue weighted by Gasteiger charge is 2.34. The van der Waals surface area contributed by atoms with Crippen LogP contribution in [0, 0.1) is 11.8 Å². The second-order valence-corrected chi connectivity index (χ2v) is 8.97. The van der Waals surface area contributed by atoms with Gasteiger partial charge in [0.2, 0.25) is 0 Å². The van der Waals surface area contributed by atoms with E-state index in [1.165, 1.54) is 58.7 Å². The maximum atomic E-state index is 2.73. The molecule has 3 nitrogen and oxygen atoms in total. The SMILES string of the molecule is CC(C)[C@H](C)CCCN1CC(N2CCN(C(C)(C)C)CC2)C1. The second kappa shape index (κ2) is 7.63. The lowest BCUT2D eigenvalue weighted by molar-refractivity contribution is -0.0145. The number of likely N-dealkylation sites (tertiary alicyclic amines) is 1. The van der Waals surface area contributed by atoms with Gasteiger partial charge in [0.05, 0.1) is 0 Å². The molecule has 2 aliphatic rings. The Bertz CT molecular complexity index is 320. The highest BCUT2D eigenvalue weighted by atomic mass is 15.4. The van der Waals surface area contributed by atoms with Gasteiger partial charge >= 0.3 is 0 Å². The first-order chi connectivity index (χ1) is 10.3. The zero-order valence-corrected chi connectivity index (χ0v) is 15.9. The van der Waals surface area contributed by atoms with E-state index in [1.54, 1.807) is 0 Å². The molecule has 130 valence electrons. The third-order valence-electron chi connectivity index (χ3n) is 5.99. The monoisotopic (exact) mass is 309 g/mol. The molecule has 0 radical (unpaired) electrons. The number of rotatable bonds is 6. The molecule has 0 saturated carbocycles. The van der Waals surface area contributed by atoms with Crippen molar-refractivity contribution < 1.29 is 0 Å². The van der Waals surface area contributed by atoms with E-state index in [4.69, 9.17) is 0 Å². The third kappa shape index (κ3) is 4.94. The first-order valence-electron chi connectivity index (χ1n) is 9.49. The van der Waals surface area contributed by atoms with Gasteiger partial charge < -0.3 is 4.90 Å². The van der Waals surface area contributed by atoms with Crippen LogP contribution in [-0.2, 0) is 0 Å². The van der Waals surface area contributed by atoms with Crippen LogP contribution in [-0.4, -0.2) is 72.1 Å². The van der Waals surface area contributed by atoms with E-state index in [9.17, 15) is 0 Å². The molecule has 0 N–H and O–H groups in total. The van der Waals surface area contributed by atoms with E-state index in [0.717, 1.165) is 17.9 Å². The fourth-order valence-corrected chi connectivity index (χ4v) is 3.68. The Morgan fingerprint density at radius 3 is 2.05 bits per heavy atom. The topological polar surface area (TPSA) is 9.72 Å². The van der Waals surface area contributed by atoms with Gasteiger partial charge in [-0.1, -0.05) is 20.8 Å². The summed E-state index contributed by atoms with van der Waals surface area (Å²) in [7, 11) is 0. The summed E-state index contributed by atoms with van der Waals surface area (Å²) in [6.45, 7) is 23.1. The third-order valence-corrected chi connectivity index (χ3v) is 5.99. The molecule has 0 amide bonds. The molecule has 2 fully saturated rings. The van der Waals surface area contributed by atoms with Crippen LogP contribution in [0.3, 0.4) is 0 Å². The van der Waals surface area contributed by atoms with Crippen molar-refractivity contribution in [3.63, 3.8) is 0 Å². The summed E-state index contributed by atoms with van der Waals surface area (Å²) < 4.78 is 0. The predicted octanol–water partition coefficient (Wildman–Crippen LogP) is 3.16. The summed E-state index contributed by atoms with van der Waals surface area (Å²) in [6.07, 6.45) is 2.77. The molecule has 1 atom stereocenters. The van der Waals surface area contributed by atoms with Crippen LogP contribution in [0.15, 0.2) is 0 Å². The molecule has 0 aliphatic carbocycles. The molecule has 22 heavy (non-hydrogen) atoms. The average molecular weight is 310 g/mol. The van der Waals surface area contributed by atoms with Crippen LogP contribution >= 0.6 is 0 Å². The van der Waals surface area contributed by atoms with Gasteiger partial charge in [-0.05, 0) is 52.0 Å². The maximum absolute atomic E-state index is 2.73. The molecule has 3 heteroatoms. The van der Waals surface area contributed by atoms with E-state index in [1.807, 2.05) is 0 Å². The van der Waals surface area contributed by atoms with Crippen LogP contribution in [0.2, 0.25) is 0 Å². The minimum Gasteiger partial charge on any atom is -0.300 e. The van der Waals surface area contributed by atoms with Crippen molar-refractivity contribution in [1.82, 2.24) is 14.7 Å². The van der Waals surface area contributed by atoms with E-state index < -0.39 is 0 Å². The quantitative estimate of drug-likeness (QED) is 0.746. The Labute approximate surface area is 139 Å². The zero-order chi connectivity index (χ0) is 16.3. The summed E-state index contributed by atoms with van der Waals surface area (Å²) in [5, 5.41) is 0. The second-order valence-electron chi connectivity index (χ2n) is 8.97. The first kappa shape index (κ1) is 18.2.